The molecule has 0 spiro atoms. The van der Waals surface area contributed by atoms with Crippen LogP contribution in [0, 0.1) is 0 Å². The topological polar surface area (TPSA) is 50.2 Å². The second-order valence-electron chi connectivity index (χ2n) is 4.00. The molecule has 1 aliphatic rings. The van der Waals surface area contributed by atoms with E-state index in [4.69, 9.17) is 5.11 Å². The molecule has 0 saturated heterocycles. The highest BCUT2D eigenvalue weighted by Crippen LogP contribution is 2.44. The summed E-state index contributed by atoms with van der Waals surface area (Å²) < 4.78 is 0. The van der Waals surface area contributed by atoms with Gasteiger partial charge in [0.25, 0.3) is 0 Å². The minimum absolute atomic E-state index is 0.246. The first-order chi connectivity index (χ1) is 6.59. The molecule has 0 amide bonds. The van der Waals surface area contributed by atoms with E-state index in [2.05, 4.69) is 18.8 Å². The van der Waals surface area contributed by atoms with Gasteiger partial charge in [0, 0.05) is 10.8 Å². The summed E-state index contributed by atoms with van der Waals surface area (Å²) in [6, 6.07) is 0. The van der Waals surface area contributed by atoms with Gasteiger partial charge in [-0.05, 0) is 18.8 Å². The lowest BCUT2D eigenvalue weighted by Gasteiger charge is -2.02. The summed E-state index contributed by atoms with van der Waals surface area (Å²) in [5, 5.41) is 9.10. The Morgan fingerprint density at radius 2 is 2.21 bits per heavy atom. The second kappa shape index (κ2) is 3.35. The van der Waals surface area contributed by atoms with E-state index >= 15 is 0 Å². The van der Waals surface area contributed by atoms with Gasteiger partial charge < -0.3 is 5.11 Å². The molecule has 0 unspecified atom stereocenters. The van der Waals surface area contributed by atoms with Gasteiger partial charge in [-0.15, -0.1) is 11.3 Å². The maximum Gasteiger partial charge on any atom is 0.365 e. The fourth-order valence-corrected chi connectivity index (χ4v) is 2.49. The number of nitrogens with zero attached hydrogens (tertiary/aromatic N) is 1. The number of rotatable bonds is 3. The minimum Gasteiger partial charge on any atom is -0.476 e. The van der Waals surface area contributed by atoms with Crippen LogP contribution in [0.15, 0.2) is 0 Å². The van der Waals surface area contributed by atoms with E-state index in [0.717, 1.165) is 10.6 Å². The van der Waals surface area contributed by atoms with Crippen LogP contribution in [0.1, 0.15) is 58.9 Å². The van der Waals surface area contributed by atoms with Gasteiger partial charge in [0.05, 0.1) is 5.69 Å². The summed E-state index contributed by atoms with van der Waals surface area (Å²) in [5.74, 6) is 0.0248. The molecule has 1 fully saturated rings. The molecule has 0 radical (unpaired) electrons. The van der Waals surface area contributed by atoms with E-state index in [-0.39, 0.29) is 5.01 Å². The summed E-state index contributed by atoms with van der Waals surface area (Å²) in [4.78, 5) is 16.1. The molecule has 3 nitrogen and oxygen atoms in total. The summed E-state index contributed by atoms with van der Waals surface area (Å²) in [6.45, 7) is 4.18. The summed E-state index contributed by atoms with van der Waals surface area (Å²) >= 11 is 1.33. The smallest absolute Gasteiger partial charge is 0.365 e. The van der Waals surface area contributed by atoms with Crippen molar-refractivity contribution in [2.24, 2.45) is 0 Å². The molecule has 0 aromatic carbocycles. The van der Waals surface area contributed by atoms with Crippen molar-refractivity contribution >= 4 is 17.3 Å². The third-order valence-corrected chi connectivity index (χ3v) is 3.71. The van der Waals surface area contributed by atoms with Crippen molar-refractivity contribution in [3.63, 3.8) is 0 Å². The highest BCUT2D eigenvalue weighted by molar-refractivity contribution is 7.13. The first-order valence-electron chi connectivity index (χ1n) is 4.83. The van der Waals surface area contributed by atoms with Crippen molar-refractivity contribution in [3.05, 3.63) is 15.6 Å². The third-order valence-electron chi connectivity index (χ3n) is 2.35. The van der Waals surface area contributed by atoms with Crippen molar-refractivity contribution < 1.29 is 9.90 Å². The van der Waals surface area contributed by atoms with Gasteiger partial charge in [-0.3, -0.25) is 0 Å². The molecule has 0 aliphatic heterocycles. The number of carbonyl (C=O) groups is 1. The Bertz CT molecular complexity index is 347. The fourth-order valence-electron chi connectivity index (χ4n) is 1.50. The predicted molar refractivity (Wildman–Crippen MR) is 55.1 cm³/mol. The molecule has 1 aromatic rings. The van der Waals surface area contributed by atoms with Gasteiger partial charge in [-0.25, -0.2) is 9.78 Å². The van der Waals surface area contributed by atoms with E-state index in [0.29, 0.717) is 11.8 Å². The van der Waals surface area contributed by atoms with Crippen LogP contribution in [0.4, 0.5) is 0 Å². The van der Waals surface area contributed by atoms with E-state index in [1.807, 2.05) is 0 Å². The summed E-state index contributed by atoms with van der Waals surface area (Å²) in [7, 11) is 0. The van der Waals surface area contributed by atoms with Gasteiger partial charge in [-0.2, -0.15) is 0 Å². The molecule has 14 heavy (non-hydrogen) atoms. The van der Waals surface area contributed by atoms with Gasteiger partial charge in [0.2, 0.25) is 5.01 Å². The fraction of sp³-hybridized carbons (Fsp3) is 0.600. The molecule has 2 rings (SSSR count). The lowest BCUT2D eigenvalue weighted by Crippen LogP contribution is -1.95. The first kappa shape index (κ1) is 9.65. The SMILES string of the molecule is CC(C)c1sc(C(=O)O)nc1C1CC1. The normalized spacial score (nSPS) is 16.2. The van der Waals surface area contributed by atoms with Crippen LogP contribution in [0.25, 0.3) is 0 Å². The Kier molecular flexibility index (Phi) is 2.31. The van der Waals surface area contributed by atoms with Gasteiger partial charge in [0.15, 0.2) is 0 Å². The number of aromatic carboxylic acids is 1. The maximum atomic E-state index is 10.8. The Morgan fingerprint density at radius 3 is 2.64 bits per heavy atom. The largest absolute Gasteiger partial charge is 0.476 e. The van der Waals surface area contributed by atoms with Gasteiger partial charge >= 0.3 is 5.97 Å². The first-order valence-corrected chi connectivity index (χ1v) is 5.65. The minimum atomic E-state index is -0.899. The summed E-state index contributed by atoms with van der Waals surface area (Å²) in [6.07, 6.45) is 2.34. The average molecular weight is 211 g/mol. The zero-order valence-electron chi connectivity index (χ0n) is 8.28. The van der Waals surface area contributed by atoms with Crippen LogP contribution < -0.4 is 0 Å². The van der Waals surface area contributed by atoms with Crippen LogP contribution in [-0.4, -0.2) is 16.1 Å². The molecular formula is C10H13NO2S. The average Bonchev–Trinajstić information content (AvgIpc) is 2.83. The van der Waals surface area contributed by atoms with Crippen molar-refractivity contribution in [3.8, 4) is 0 Å². The summed E-state index contributed by atoms with van der Waals surface area (Å²) in [5.41, 5.74) is 1.04. The number of carboxylic acid groups (broad SMARTS) is 1. The number of carboxylic acids is 1. The van der Waals surface area contributed by atoms with E-state index < -0.39 is 5.97 Å². The van der Waals surface area contributed by atoms with Gasteiger partial charge in [0.1, 0.15) is 0 Å². The monoisotopic (exact) mass is 211 g/mol. The molecule has 0 atom stereocenters. The van der Waals surface area contributed by atoms with Crippen LogP contribution in [0.3, 0.4) is 0 Å². The number of hydrogen-bond acceptors (Lipinski definition) is 3. The Morgan fingerprint density at radius 1 is 1.57 bits per heavy atom. The molecule has 0 bridgehead atoms. The van der Waals surface area contributed by atoms with Crippen molar-refractivity contribution in [1.82, 2.24) is 4.98 Å². The van der Waals surface area contributed by atoms with Crippen molar-refractivity contribution in [2.75, 3.05) is 0 Å². The molecule has 76 valence electrons. The molecule has 1 aromatic heterocycles. The third kappa shape index (κ3) is 1.66. The predicted octanol–water partition coefficient (Wildman–Crippen LogP) is 2.84. The number of thiazole rings is 1. The highest BCUT2D eigenvalue weighted by atomic mass is 32.1. The highest BCUT2D eigenvalue weighted by Gasteiger charge is 2.31. The zero-order chi connectivity index (χ0) is 10.3. The zero-order valence-corrected chi connectivity index (χ0v) is 9.10. The standard InChI is InChI=1S/C10H13NO2S/c1-5(2)8-7(6-3-4-6)11-9(14-8)10(12)13/h5-6H,3-4H2,1-2H3,(H,12,13). The van der Waals surface area contributed by atoms with Crippen LogP contribution in [0.5, 0.6) is 0 Å². The van der Waals surface area contributed by atoms with E-state index in [1.165, 1.54) is 24.2 Å². The van der Waals surface area contributed by atoms with Crippen LogP contribution in [-0.2, 0) is 0 Å². The molecule has 1 N–H and O–H groups in total. The molecule has 1 aliphatic carbocycles. The number of aromatic nitrogens is 1. The molecule has 4 heteroatoms. The number of hydrogen-bond donors (Lipinski definition) is 1. The second-order valence-corrected chi connectivity index (χ2v) is 5.03. The van der Waals surface area contributed by atoms with Crippen molar-refractivity contribution in [1.29, 1.82) is 0 Å². The van der Waals surface area contributed by atoms with E-state index in [9.17, 15) is 4.79 Å². The van der Waals surface area contributed by atoms with Crippen LogP contribution >= 0.6 is 11.3 Å². The van der Waals surface area contributed by atoms with Crippen molar-refractivity contribution in [2.45, 2.75) is 38.5 Å². The quantitative estimate of drug-likeness (QED) is 0.836. The Hall–Kier alpha value is -0.900. The molecule has 1 saturated carbocycles. The Labute approximate surface area is 86.8 Å². The maximum absolute atomic E-state index is 10.8. The molecule has 1 heterocycles. The van der Waals surface area contributed by atoms with Gasteiger partial charge in [-0.1, -0.05) is 13.8 Å². The lowest BCUT2D eigenvalue weighted by molar-refractivity contribution is 0.0696. The van der Waals surface area contributed by atoms with Crippen LogP contribution in [0.2, 0.25) is 0 Å². The molecular weight excluding hydrogens is 198 g/mol. The Balaban J connectivity index is 2.40. The van der Waals surface area contributed by atoms with E-state index in [1.54, 1.807) is 0 Å². The lowest BCUT2D eigenvalue weighted by atomic mass is 10.1.